The van der Waals surface area contributed by atoms with E-state index in [1.807, 2.05) is 13.8 Å². The molecule has 0 radical (unpaired) electrons. The fourth-order valence-electron chi connectivity index (χ4n) is 3.18. The number of amides is 2. The van der Waals surface area contributed by atoms with Crippen LogP contribution in [0.15, 0.2) is 12.5 Å². The summed E-state index contributed by atoms with van der Waals surface area (Å²) < 4.78 is 0. The number of nitrogens with zero attached hydrogens (tertiary/aromatic N) is 2. The number of hydrogen-bond donors (Lipinski definition) is 4. The molecule has 3 unspecified atom stereocenters. The maximum atomic E-state index is 12.9. The number of rotatable bonds is 8. The van der Waals surface area contributed by atoms with Gasteiger partial charge in [0.15, 0.2) is 0 Å². The summed E-state index contributed by atoms with van der Waals surface area (Å²) in [6.45, 7) is 4.27. The Morgan fingerprint density at radius 3 is 2.77 bits per heavy atom. The molecular formula is C17H27N5O4. The number of aromatic nitrogens is 2. The van der Waals surface area contributed by atoms with E-state index in [1.54, 1.807) is 6.20 Å². The SMILES string of the molecule is CC(C)CC(NC(=O)C(N)Cc1cnc[nH]1)C(=O)N1CCCC1C(=O)O. The Balaban J connectivity index is 2.04. The van der Waals surface area contributed by atoms with Gasteiger partial charge in [0.05, 0.1) is 12.4 Å². The topological polar surface area (TPSA) is 141 Å². The Labute approximate surface area is 152 Å². The van der Waals surface area contributed by atoms with Crippen LogP contribution in [0.3, 0.4) is 0 Å². The van der Waals surface area contributed by atoms with Gasteiger partial charge in [-0.05, 0) is 25.2 Å². The number of nitrogens with two attached hydrogens (primary N) is 1. The Kier molecular flexibility index (Phi) is 6.73. The molecule has 144 valence electrons. The van der Waals surface area contributed by atoms with Crippen LogP contribution in [0, 0.1) is 5.92 Å². The first-order valence-electron chi connectivity index (χ1n) is 8.86. The number of aromatic amines is 1. The van der Waals surface area contributed by atoms with Crippen molar-refractivity contribution in [2.45, 2.75) is 57.7 Å². The molecule has 1 aromatic heterocycles. The lowest BCUT2D eigenvalue weighted by atomic mass is 10.0. The van der Waals surface area contributed by atoms with Crippen LogP contribution in [0.25, 0.3) is 0 Å². The third-order valence-electron chi connectivity index (χ3n) is 4.47. The molecule has 1 fully saturated rings. The van der Waals surface area contributed by atoms with Gasteiger partial charge in [0, 0.05) is 24.9 Å². The van der Waals surface area contributed by atoms with Crippen molar-refractivity contribution in [2.24, 2.45) is 11.7 Å². The first-order valence-corrected chi connectivity index (χ1v) is 8.86. The zero-order chi connectivity index (χ0) is 19.3. The number of hydrogen-bond acceptors (Lipinski definition) is 5. The zero-order valence-electron chi connectivity index (χ0n) is 15.1. The maximum absolute atomic E-state index is 12.9. The Morgan fingerprint density at radius 1 is 1.46 bits per heavy atom. The van der Waals surface area contributed by atoms with Crippen molar-refractivity contribution in [1.82, 2.24) is 20.2 Å². The second-order valence-electron chi connectivity index (χ2n) is 7.11. The highest BCUT2D eigenvalue weighted by Gasteiger charge is 2.38. The molecular weight excluding hydrogens is 338 g/mol. The van der Waals surface area contributed by atoms with E-state index in [9.17, 15) is 19.5 Å². The Hall–Kier alpha value is -2.42. The Morgan fingerprint density at radius 2 is 2.19 bits per heavy atom. The first kappa shape index (κ1) is 19.9. The highest BCUT2D eigenvalue weighted by atomic mass is 16.4. The molecule has 1 aromatic rings. The fourth-order valence-corrected chi connectivity index (χ4v) is 3.18. The number of carbonyl (C=O) groups excluding carboxylic acids is 2. The molecule has 0 spiro atoms. The van der Waals surface area contributed by atoms with Gasteiger partial charge in [-0.15, -0.1) is 0 Å². The average molecular weight is 365 g/mol. The van der Waals surface area contributed by atoms with Crippen LogP contribution in [0.5, 0.6) is 0 Å². The lowest BCUT2D eigenvalue weighted by Crippen LogP contribution is -2.55. The molecule has 1 aliphatic rings. The molecule has 0 aromatic carbocycles. The van der Waals surface area contributed by atoms with Crippen LogP contribution < -0.4 is 11.1 Å². The number of carbonyl (C=O) groups is 3. The number of nitrogens with one attached hydrogen (secondary N) is 2. The van der Waals surface area contributed by atoms with E-state index in [0.717, 1.165) is 5.69 Å². The molecule has 9 nitrogen and oxygen atoms in total. The van der Waals surface area contributed by atoms with E-state index < -0.39 is 30.0 Å². The number of H-pyrrole nitrogens is 1. The van der Waals surface area contributed by atoms with Gasteiger partial charge in [0.2, 0.25) is 11.8 Å². The molecule has 1 saturated heterocycles. The van der Waals surface area contributed by atoms with Crippen molar-refractivity contribution < 1.29 is 19.5 Å². The van der Waals surface area contributed by atoms with E-state index in [1.165, 1.54) is 11.2 Å². The summed E-state index contributed by atoms with van der Waals surface area (Å²) in [6.07, 6.45) is 4.86. The third-order valence-corrected chi connectivity index (χ3v) is 4.47. The fraction of sp³-hybridized carbons (Fsp3) is 0.647. The standard InChI is InChI=1S/C17H27N5O4/c1-10(2)6-13(16(24)22-5-3-4-14(22)17(25)26)21-15(23)12(18)7-11-8-19-9-20-11/h8-10,12-14H,3-7,18H2,1-2H3,(H,19,20)(H,21,23)(H,25,26). The number of carboxylic acids is 1. The molecule has 2 amide bonds. The highest BCUT2D eigenvalue weighted by molar-refractivity contribution is 5.92. The quantitative estimate of drug-likeness (QED) is 0.506. The molecule has 9 heteroatoms. The number of carboxylic acid groups (broad SMARTS) is 1. The minimum absolute atomic E-state index is 0.152. The molecule has 0 bridgehead atoms. The van der Waals surface area contributed by atoms with E-state index >= 15 is 0 Å². The molecule has 1 aliphatic heterocycles. The van der Waals surface area contributed by atoms with Crippen LogP contribution >= 0.6 is 0 Å². The minimum atomic E-state index is -1.01. The van der Waals surface area contributed by atoms with Crippen LogP contribution in [0.4, 0.5) is 0 Å². The highest BCUT2D eigenvalue weighted by Crippen LogP contribution is 2.20. The zero-order valence-corrected chi connectivity index (χ0v) is 15.1. The van der Waals surface area contributed by atoms with Crippen molar-refractivity contribution in [3.05, 3.63) is 18.2 Å². The van der Waals surface area contributed by atoms with Gasteiger partial charge in [-0.25, -0.2) is 9.78 Å². The normalized spacial score (nSPS) is 19.4. The smallest absolute Gasteiger partial charge is 0.326 e. The lowest BCUT2D eigenvalue weighted by Gasteiger charge is -2.29. The predicted molar refractivity (Wildman–Crippen MR) is 94.0 cm³/mol. The van der Waals surface area contributed by atoms with Crippen LogP contribution in [-0.4, -0.2) is 62.4 Å². The van der Waals surface area contributed by atoms with Gasteiger partial charge in [-0.3, -0.25) is 9.59 Å². The molecule has 3 atom stereocenters. The average Bonchev–Trinajstić information content (AvgIpc) is 3.24. The van der Waals surface area contributed by atoms with Crippen molar-refractivity contribution in [2.75, 3.05) is 6.54 Å². The van der Waals surface area contributed by atoms with Crippen LogP contribution in [-0.2, 0) is 20.8 Å². The summed E-state index contributed by atoms with van der Waals surface area (Å²) in [5.74, 6) is -1.66. The summed E-state index contributed by atoms with van der Waals surface area (Å²) in [5, 5.41) is 12.0. The number of aliphatic carboxylic acids is 1. The molecule has 0 aliphatic carbocycles. The van der Waals surface area contributed by atoms with Gasteiger partial charge < -0.3 is 26.0 Å². The minimum Gasteiger partial charge on any atom is -0.480 e. The van der Waals surface area contributed by atoms with Gasteiger partial charge in [-0.1, -0.05) is 13.8 Å². The molecule has 5 N–H and O–H groups in total. The Bertz CT molecular complexity index is 631. The summed E-state index contributed by atoms with van der Waals surface area (Å²) in [7, 11) is 0. The van der Waals surface area contributed by atoms with Gasteiger partial charge >= 0.3 is 5.97 Å². The third kappa shape index (κ3) is 5.04. The molecule has 2 rings (SSSR count). The van der Waals surface area contributed by atoms with Crippen LogP contribution in [0.2, 0.25) is 0 Å². The van der Waals surface area contributed by atoms with Crippen LogP contribution in [0.1, 0.15) is 38.8 Å². The van der Waals surface area contributed by atoms with Gasteiger partial charge in [0.25, 0.3) is 0 Å². The van der Waals surface area contributed by atoms with Crippen molar-refractivity contribution >= 4 is 17.8 Å². The van der Waals surface area contributed by atoms with E-state index in [-0.39, 0.29) is 18.2 Å². The maximum Gasteiger partial charge on any atom is 0.326 e. The molecule has 2 heterocycles. The molecule has 26 heavy (non-hydrogen) atoms. The second kappa shape index (κ2) is 8.79. The van der Waals surface area contributed by atoms with Gasteiger partial charge in [0.1, 0.15) is 12.1 Å². The lowest BCUT2D eigenvalue weighted by molar-refractivity contribution is -0.149. The summed E-state index contributed by atoms with van der Waals surface area (Å²) in [6, 6.07) is -2.44. The van der Waals surface area contributed by atoms with Crippen molar-refractivity contribution in [3.63, 3.8) is 0 Å². The first-order chi connectivity index (χ1) is 12.3. The number of likely N-dealkylation sites (tertiary alicyclic amines) is 1. The predicted octanol–water partition coefficient (Wildman–Crippen LogP) is -0.114. The second-order valence-corrected chi connectivity index (χ2v) is 7.11. The van der Waals surface area contributed by atoms with E-state index in [0.29, 0.717) is 25.8 Å². The van der Waals surface area contributed by atoms with E-state index in [2.05, 4.69) is 15.3 Å². The van der Waals surface area contributed by atoms with E-state index in [4.69, 9.17) is 5.73 Å². The van der Waals surface area contributed by atoms with Crippen molar-refractivity contribution in [1.29, 1.82) is 0 Å². The van der Waals surface area contributed by atoms with Gasteiger partial charge in [-0.2, -0.15) is 0 Å². The number of imidazole rings is 1. The van der Waals surface area contributed by atoms with Crippen molar-refractivity contribution in [3.8, 4) is 0 Å². The molecule has 0 saturated carbocycles. The largest absolute Gasteiger partial charge is 0.480 e. The summed E-state index contributed by atoms with van der Waals surface area (Å²) >= 11 is 0. The summed E-state index contributed by atoms with van der Waals surface area (Å²) in [4.78, 5) is 44.8. The monoisotopic (exact) mass is 365 g/mol. The summed E-state index contributed by atoms with van der Waals surface area (Å²) in [5.41, 5.74) is 6.66.